The highest BCUT2D eigenvalue weighted by Gasteiger charge is 2.30. The first-order valence-corrected chi connectivity index (χ1v) is 7.35. The third-order valence-electron chi connectivity index (χ3n) is 4.14. The zero-order valence-corrected chi connectivity index (χ0v) is 11.6. The normalized spacial score (nSPS) is 26.1. The predicted octanol–water partition coefficient (Wildman–Crippen LogP) is 3.73. The summed E-state index contributed by atoms with van der Waals surface area (Å²) in [5.41, 5.74) is 7.65. The maximum Gasteiger partial charge on any atom is 0.119 e. The van der Waals surface area contributed by atoms with E-state index in [1.807, 2.05) is 30.3 Å². The van der Waals surface area contributed by atoms with Crippen LogP contribution in [0, 0.1) is 0 Å². The van der Waals surface area contributed by atoms with E-state index in [4.69, 9.17) is 10.5 Å². The number of hydrogen-bond donors (Lipinski definition) is 1. The van der Waals surface area contributed by atoms with Gasteiger partial charge in [0.15, 0.2) is 0 Å². The van der Waals surface area contributed by atoms with E-state index >= 15 is 0 Å². The van der Waals surface area contributed by atoms with Crippen LogP contribution in [0.4, 0.5) is 0 Å². The number of hydrogen-bond acceptors (Lipinski definition) is 2. The van der Waals surface area contributed by atoms with E-state index < -0.39 is 0 Å². The lowest BCUT2D eigenvalue weighted by molar-refractivity contribution is 0.121. The van der Waals surface area contributed by atoms with Gasteiger partial charge < -0.3 is 10.5 Å². The van der Waals surface area contributed by atoms with Gasteiger partial charge in [0.2, 0.25) is 0 Å². The first-order chi connectivity index (χ1) is 9.83. The third-order valence-corrected chi connectivity index (χ3v) is 4.14. The second-order valence-corrected chi connectivity index (χ2v) is 5.55. The summed E-state index contributed by atoms with van der Waals surface area (Å²) in [6.07, 6.45) is 3.29. The first kappa shape index (κ1) is 13.2. The van der Waals surface area contributed by atoms with Gasteiger partial charge in [-0.05, 0) is 42.9 Å². The first-order valence-electron chi connectivity index (χ1n) is 7.35. The van der Waals surface area contributed by atoms with E-state index in [2.05, 4.69) is 30.3 Å². The van der Waals surface area contributed by atoms with Crippen LogP contribution >= 0.6 is 0 Å². The molecule has 0 aromatic heterocycles. The topological polar surface area (TPSA) is 35.2 Å². The van der Waals surface area contributed by atoms with Gasteiger partial charge in [0, 0.05) is 6.04 Å². The molecule has 3 atom stereocenters. The maximum atomic E-state index is 6.24. The van der Waals surface area contributed by atoms with Gasteiger partial charge in [-0.25, -0.2) is 0 Å². The largest absolute Gasteiger partial charge is 0.489 e. The molecule has 0 bridgehead atoms. The molecule has 0 aliphatic heterocycles. The molecule has 2 nitrogen and oxygen atoms in total. The summed E-state index contributed by atoms with van der Waals surface area (Å²) in [4.78, 5) is 0. The average molecular weight is 267 g/mol. The van der Waals surface area contributed by atoms with E-state index in [1.54, 1.807) is 0 Å². The molecular weight excluding hydrogens is 246 g/mol. The van der Waals surface area contributed by atoms with E-state index in [0.29, 0.717) is 5.92 Å². The van der Waals surface area contributed by atoms with Crippen molar-refractivity contribution in [2.75, 3.05) is 0 Å². The van der Waals surface area contributed by atoms with Gasteiger partial charge in [-0.15, -0.1) is 0 Å². The molecule has 1 saturated carbocycles. The highest BCUT2D eigenvalue weighted by molar-refractivity contribution is 5.23. The van der Waals surface area contributed by atoms with Crippen molar-refractivity contribution in [3.63, 3.8) is 0 Å². The van der Waals surface area contributed by atoms with E-state index in [1.165, 1.54) is 5.56 Å². The number of nitrogens with two attached hydrogens (primary N) is 1. The Morgan fingerprint density at radius 1 is 0.850 bits per heavy atom. The number of ether oxygens (including phenoxy) is 1. The van der Waals surface area contributed by atoms with Crippen molar-refractivity contribution in [1.29, 1.82) is 0 Å². The minimum absolute atomic E-state index is 0.108. The molecule has 1 fully saturated rings. The molecule has 0 saturated heterocycles. The quantitative estimate of drug-likeness (QED) is 0.919. The number of para-hydroxylation sites is 1. The van der Waals surface area contributed by atoms with Crippen molar-refractivity contribution >= 4 is 0 Å². The summed E-state index contributed by atoms with van der Waals surface area (Å²) in [7, 11) is 0. The van der Waals surface area contributed by atoms with Crippen LogP contribution < -0.4 is 10.5 Å². The molecule has 2 N–H and O–H groups in total. The van der Waals surface area contributed by atoms with Gasteiger partial charge in [-0.1, -0.05) is 48.5 Å². The molecule has 1 aliphatic rings. The van der Waals surface area contributed by atoms with Crippen molar-refractivity contribution in [1.82, 2.24) is 0 Å². The Morgan fingerprint density at radius 2 is 1.50 bits per heavy atom. The van der Waals surface area contributed by atoms with Crippen molar-refractivity contribution in [3.8, 4) is 5.75 Å². The Morgan fingerprint density at radius 3 is 2.20 bits per heavy atom. The van der Waals surface area contributed by atoms with Crippen molar-refractivity contribution < 1.29 is 4.74 Å². The minimum atomic E-state index is 0.108. The van der Waals surface area contributed by atoms with Crippen LogP contribution in [-0.2, 0) is 0 Å². The van der Waals surface area contributed by atoms with Gasteiger partial charge in [0.1, 0.15) is 11.9 Å². The Balaban J connectivity index is 1.71. The van der Waals surface area contributed by atoms with Gasteiger partial charge >= 0.3 is 0 Å². The lowest BCUT2D eigenvalue weighted by atomic mass is 9.80. The van der Waals surface area contributed by atoms with Crippen LogP contribution in [0.25, 0.3) is 0 Å². The van der Waals surface area contributed by atoms with Crippen LogP contribution in [0.1, 0.15) is 30.7 Å². The summed E-state index contributed by atoms with van der Waals surface area (Å²) in [5.74, 6) is 1.48. The van der Waals surface area contributed by atoms with Crippen molar-refractivity contribution in [2.24, 2.45) is 5.73 Å². The lowest BCUT2D eigenvalue weighted by Gasteiger charge is -2.34. The molecule has 104 valence electrons. The van der Waals surface area contributed by atoms with Gasteiger partial charge in [-0.2, -0.15) is 0 Å². The molecule has 2 aromatic rings. The maximum absolute atomic E-state index is 6.24. The van der Waals surface area contributed by atoms with Crippen molar-refractivity contribution in [3.05, 3.63) is 66.2 Å². The molecule has 0 amide bonds. The van der Waals surface area contributed by atoms with Gasteiger partial charge in [0.25, 0.3) is 0 Å². The fourth-order valence-electron chi connectivity index (χ4n) is 2.99. The number of benzene rings is 2. The Kier molecular flexibility index (Phi) is 4.03. The van der Waals surface area contributed by atoms with Crippen LogP contribution in [-0.4, -0.2) is 12.1 Å². The van der Waals surface area contributed by atoms with Crippen LogP contribution in [0.5, 0.6) is 5.75 Å². The van der Waals surface area contributed by atoms with E-state index in [9.17, 15) is 0 Å². The highest BCUT2D eigenvalue weighted by Crippen LogP contribution is 2.34. The van der Waals surface area contributed by atoms with Crippen molar-refractivity contribution in [2.45, 2.75) is 37.3 Å². The summed E-state index contributed by atoms with van der Waals surface area (Å²) in [6, 6.07) is 20.8. The van der Waals surface area contributed by atoms with Crippen LogP contribution in [0.2, 0.25) is 0 Å². The highest BCUT2D eigenvalue weighted by atomic mass is 16.5. The van der Waals surface area contributed by atoms with Crippen LogP contribution in [0.15, 0.2) is 60.7 Å². The Labute approximate surface area is 120 Å². The molecule has 0 spiro atoms. The Bertz CT molecular complexity index is 526. The predicted molar refractivity (Wildman–Crippen MR) is 81.9 cm³/mol. The molecule has 3 unspecified atom stereocenters. The van der Waals surface area contributed by atoms with Gasteiger partial charge in [-0.3, -0.25) is 0 Å². The third kappa shape index (κ3) is 3.02. The standard InChI is InChI=1S/C18H21NO/c19-17-12-11-15(14-7-3-1-4-8-14)13-18(17)20-16-9-5-2-6-10-16/h1-10,15,17-18H,11-13,19H2. The smallest absolute Gasteiger partial charge is 0.119 e. The molecule has 20 heavy (non-hydrogen) atoms. The molecular formula is C18H21NO. The van der Waals surface area contributed by atoms with Crippen LogP contribution in [0.3, 0.4) is 0 Å². The molecule has 0 heterocycles. The summed E-state index contributed by atoms with van der Waals surface area (Å²) < 4.78 is 6.09. The van der Waals surface area contributed by atoms with E-state index in [0.717, 1.165) is 25.0 Å². The molecule has 0 radical (unpaired) electrons. The van der Waals surface area contributed by atoms with Gasteiger partial charge in [0.05, 0.1) is 0 Å². The summed E-state index contributed by atoms with van der Waals surface area (Å²) in [6.45, 7) is 0. The second kappa shape index (κ2) is 6.10. The van der Waals surface area contributed by atoms with E-state index in [-0.39, 0.29) is 12.1 Å². The summed E-state index contributed by atoms with van der Waals surface area (Å²) >= 11 is 0. The second-order valence-electron chi connectivity index (χ2n) is 5.55. The zero-order valence-electron chi connectivity index (χ0n) is 11.6. The fraction of sp³-hybridized carbons (Fsp3) is 0.333. The SMILES string of the molecule is NC1CCC(c2ccccc2)CC1Oc1ccccc1. The average Bonchev–Trinajstić information content (AvgIpc) is 2.51. The monoisotopic (exact) mass is 267 g/mol. The fourth-order valence-corrected chi connectivity index (χ4v) is 2.99. The lowest BCUT2D eigenvalue weighted by Crippen LogP contribution is -2.43. The zero-order chi connectivity index (χ0) is 13.8. The Hall–Kier alpha value is -1.80. The minimum Gasteiger partial charge on any atom is -0.489 e. The molecule has 1 aliphatic carbocycles. The molecule has 3 rings (SSSR count). The summed E-state index contributed by atoms with van der Waals surface area (Å²) in [5, 5.41) is 0. The number of rotatable bonds is 3. The molecule has 2 heteroatoms. The molecule has 2 aromatic carbocycles.